The van der Waals surface area contributed by atoms with Crippen LogP contribution in [0.3, 0.4) is 0 Å². The van der Waals surface area contributed by atoms with Gasteiger partial charge in [-0.2, -0.15) is 0 Å². The molecule has 0 atom stereocenters. The van der Waals surface area contributed by atoms with E-state index in [9.17, 15) is 18.5 Å². The van der Waals surface area contributed by atoms with Gasteiger partial charge in [-0.05, 0) is 23.8 Å². The molecule has 4 N–H and O–H groups in total. The third kappa shape index (κ3) is 2.72. The molecule has 1 aromatic heterocycles. The van der Waals surface area contributed by atoms with E-state index in [2.05, 4.69) is 0 Å². The number of nitrogen functional groups attached to an aromatic ring is 1. The van der Waals surface area contributed by atoms with Gasteiger partial charge in [0.25, 0.3) is 5.69 Å². The maximum absolute atomic E-state index is 11.2. The second kappa shape index (κ2) is 4.61. The minimum Gasteiger partial charge on any atom is -0.393 e. The Morgan fingerprint density at radius 2 is 1.89 bits per heavy atom. The second-order valence-electron chi connectivity index (χ2n) is 3.69. The van der Waals surface area contributed by atoms with Gasteiger partial charge in [0.15, 0.2) is 0 Å². The molecule has 0 aliphatic heterocycles. The number of benzene rings is 1. The average Bonchev–Trinajstić information content (AvgIpc) is 2.78. The van der Waals surface area contributed by atoms with E-state index < -0.39 is 14.9 Å². The van der Waals surface area contributed by atoms with Crippen LogP contribution >= 0.6 is 11.3 Å². The molecule has 19 heavy (non-hydrogen) atoms. The molecule has 1 aromatic carbocycles. The molecule has 0 saturated heterocycles. The van der Waals surface area contributed by atoms with Gasteiger partial charge in [-0.1, -0.05) is 6.07 Å². The second-order valence-corrected chi connectivity index (χ2v) is 6.57. The molecule has 0 aliphatic rings. The largest absolute Gasteiger partial charge is 0.393 e. The van der Waals surface area contributed by atoms with Crippen LogP contribution < -0.4 is 10.9 Å². The first kappa shape index (κ1) is 13.5. The van der Waals surface area contributed by atoms with Crippen LogP contribution in [0.4, 0.5) is 11.4 Å². The standard InChI is InChI=1S/C10H9N3O4S2/c11-7-2-1-6(5-8(7)13(14)15)9-3-4-10(18-9)19(12,16)17/h1-5H,11H2,(H2,12,16,17). The van der Waals surface area contributed by atoms with Gasteiger partial charge in [0.1, 0.15) is 9.90 Å². The van der Waals surface area contributed by atoms with Crippen molar-refractivity contribution >= 4 is 32.7 Å². The Bertz CT molecular complexity index is 752. The smallest absolute Gasteiger partial charge is 0.292 e. The van der Waals surface area contributed by atoms with Crippen LogP contribution in [0, 0.1) is 10.1 Å². The fraction of sp³-hybridized carbons (Fsp3) is 0. The number of nitro groups is 1. The Hall–Kier alpha value is -1.97. The first-order valence-corrected chi connectivity index (χ1v) is 7.32. The van der Waals surface area contributed by atoms with Crippen molar-refractivity contribution in [2.75, 3.05) is 5.73 Å². The van der Waals surface area contributed by atoms with Crippen molar-refractivity contribution < 1.29 is 13.3 Å². The number of thiophene rings is 1. The lowest BCUT2D eigenvalue weighted by Gasteiger charge is -2.00. The fourth-order valence-electron chi connectivity index (χ4n) is 1.48. The Balaban J connectivity index is 2.51. The van der Waals surface area contributed by atoms with Gasteiger partial charge in [0.05, 0.1) is 4.92 Å². The zero-order valence-electron chi connectivity index (χ0n) is 9.44. The minimum absolute atomic E-state index is 0.00183. The van der Waals surface area contributed by atoms with Gasteiger partial charge < -0.3 is 5.73 Å². The minimum atomic E-state index is -3.76. The first-order valence-electron chi connectivity index (χ1n) is 4.96. The van der Waals surface area contributed by atoms with E-state index in [0.717, 1.165) is 11.3 Å². The summed E-state index contributed by atoms with van der Waals surface area (Å²) in [6.45, 7) is 0. The highest BCUT2D eigenvalue weighted by molar-refractivity contribution is 7.91. The van der Waals surface area contributed by atoms with Gasteiger partial charge in [-0.25, -0.2) is 13.6 Å². The molecule has 7 nitrogen and oxygen atoms in total. The highest BCUT2D eigenvalue weighted by Gasteiger charge is 2.16. The summed E-state index contributed by atoms with van der Waals surface area (Å²) >= 11 is 0.943. The number of nitrogens with two attached hydrogens (primary N) is 2. The summed E-state index contributed by atoms with van der Waals surface area (Å²) in [6, 6.07) is 7.19. The monoisotopic (exact) mass is 299 g/mol. The summed E-state index contributed by atoms with van der Waals surface area (Å²) in [5.74, 6) is 0. The summed E-state index contributed by atoms with van der Waals surface area (Å²) < 4.78 is 22.3. The van der Waals surface area contributed by atoms with Crippen molar-refractivity contribution in [1.29, 1.82) is 0 Å². The van der Waals surface area contributed by atoms with Gasteiger partial charge in [0, 0.05) is 10.9 Å². The number of nitrogens with zero attached hydrogens (tertiary/aromatic N) is 1. The number of rotatable bonds is 3. The maximum Gasteiger partial charge on any atom is 0.292 e. The van der Waals surface area contributed by atoms with Crippen molar-refractivity contribution in [3.63, 3.8) is 0 Å². The van der Waals surface area contributed by atoms with Gasteiger partial charge in [-0.15, -0.1) is 11.3 Å². The van der Waals surface area contributed by atoms with Crippen LogP contribution in [0.2, 0.25) is 0 Å². The third-order valence-electron chi connectivity index (χ3n) is 2.37. The van der Waals surface area contributed by atoms with E-state index >= 15 is 0 Å². The van der Waals surface area contributed by atoms with Crippen molar-refractivity contribution in [3.8, 4) is 10.4 Å². The fourth-order valence-corrected chi connectivity index (χ4v) is 3.21. The van der Waals surface area contributed by atoms with E-state index in [-0.39, 0.29) is 15.6 Å². The lowest BCUT2D eigenvalue weighted by molar-refractivity contribution is -0.383. The zero-order valence-corrected chi connectivity index (χ0v) is 11.1. The van der Waals surface area contributed by atoms with Crippen LogP contribution in [0.5, 0.6) is 0 Å². The number of hydrogen-bond acceptors (Lipinski definition) is 6. The van der Waals surface area contributed by atoms with Crippen LogP contribution in [0.25, 0.3) is 10.4 Å². The normalized spacial score (nSPS) is 11.4. The summed E-state index contributed by atoms with van der Waals surface area (Å²) in [5.41, 5.74) is 5.84. The zero-order chi connectivity index (χ0) is 14.2. The maximum atomic E-state index is 11.2. The van der Waals surface area contributed by atoms with Crippen LogP contribution in [-0.2, 0) is 10.0 Å². The van der Waals surface area contributed by atoms with Crippen molar-refractivity contribution in [3.05, 3.63) is 40.4 Å². The lowest BCUT2D eigenvalue weighted by atomic mass is 10.1. The topological polar surface area (TPSA) is 129 Å². The van der Waals surface area contributed by atoms with E-state index in [4.69, 9.17) is 10.9 Å². The molecule has 2 rings (SSSR count). The number of hydrogen-bond donors (Lipinski definition) is 2. The number of nitro benzene ring substituents is 1. The molecular weight excluding hydrogens is 290 g/mol. The summed E-state index contributed by atoms with van der Waals surface area (Å²) in [5, 5.41) is 15.8. The average molecular weight is 299 g/mol. The Morgan fingerprint density at radius 1 is 1.21 bits per heavy atom. The molecule has 100 valence electrons. The predicted octanol–water partition coefficient (Wildman–Crippen LogP) is 1.55. The van der Waals surface area contributed by atoms with Crippen LogP contribution in [0.1, 0.15) is 0 Å². The quantitative estimate of drug-likeness (QED) is 0.504. The van der Waals surface area contributed by atoms with E-state index in [1.165, 1.54) is 18.2 Å². The molecule has 2 aromatic rings. The number of sulfonamides is 1. The SMILES string of the molecule is Nc1ccc(-c2ccc(S(N)(=O)=O)s2)cc1[N+](=O)[O-]. The van der Waals surface area contributed by atoms with Gasteiger partial charge in [-0.3, -0.25) is 10.1 Å². The number of primary sulfonamides is 1. The highest BCUT2D eigenvalue weighted by Crippen LogP contribution is 2.34. The van der Waals surface area contributed by atoms with Crippen molar-refractivity contribution in [1.82, 2.24) is 0 Å². The molecule has 9 heteroatoms. The van der Waals surface area contributed by atoms with Crippen molar-refractivity contribution in [2.45, 2.75) is 4.21 Å². The van der Waals surface area contributed by atoms with Gasteiger partial charge >= 0.3 is 0 Å². The summed E-state index contributed by atoms with van der Waals surface area (Å²) in [7, 11) is -3.76. The lowest BCUT2D eigenvalue weighted by Crippen LogP contribution is -2.09. The van der Waals surface area contributed by atoms with Crippen LogP contribution in [0.15, 0.2) is 34.5 Å². The molecule has 1 heterocycles. The number of anilines is 1. The van der Waals surface area contributed by atoms with Gasteiger partial charge in [0.2, 0.25) is 10.0 Å². The summed E-state index contributed by atoms with van der Waals surface area (Å²) in [4.78, 5) is 10.8. The molecule has 0 amide bonds. The van der Waals surface area contributed by atoms with E-state index in [0.29, 0.717) is 10.4 Å². The first-order chi connectivity index (χ1) is 8.79. The Labute approximate surface area is 112 Å². The van der Waals surface area contributed by atoms with Crippen molar-refractivity contribution in [2.24, 2.45) is 5.14 Å². The molecule has 0 fully saturated rings. The molecule has 0 bridgehead atoms. The molecule has 0 unspecified atom stereocenters. The Kier molecular flexibility index (Phi) is 3.27. The molecule has 0 radical (unpaired) electrons. The van der Waals surface area contributed by atoms with E-state index in [1.54, 1.807) is 12.1 Å². The highest BCUT2D eigenvalue weighted by atomic mass is 32.2. The molecule has 0 saturated carbocycles. The summed E-state index contributed by atoms with van der Waals surface area (Å²) in [6.07, 6.45) is 0. The molecule has 0 spiro atoms. The molecular formula is C10H9N3O4S2. The van der Waals surface area contributed by atoms with Crippen LogP contribution in [-0.4, -0.2) is 13.3 Å². The molecule has 0 aliphatic carbocycles. The third-order valence-corrected chi connectivity index (χ3v) is 4.95. The Morgan fingerprint density at radius 3 is 2.42 bits per heavy atom. The van der Waals surface area contributed by atoms with E-state index in [1.807, 2.05) is 0 Å². The predicted molar refractivity (Wildman–Crippen MR) is 72.2 cm³/mol.